The Morgan fingerprint density at radius 2 is 1.40 bits per heavy atom. The molecule has 0 spiro atoms. The molecule has 0 fully saturated rings. The fourth-order valence-corrected chi connectivity index (χ4v) is 6.18. The first-order valence-corrected chi connectivity index (χ1v) is 15.3. The van der Waals surface area contributed by atoms with Gasteiger partial charge in [0.1, 0.15) is 24.2 Å². The number of carbonyl (C=O) groups is 2. The van der Waals surface area contributed by atoms with Crippen molar-refractivity contribution in [2.45, 2.75) is 23.9 Å². The molecule has 0 aliphatic heterocycles. The molecule has 45 heavy (non-hydrogen) atoms. The second-order valence-electron chi connectivity index (χ2n) is 9.97. The molecule has 0 aliphatic carbocycles. The van der Waals surface area contributed by atoms with Gasteiger partial charge in [-0.3, -0.25) is 13.9 Å². The van der Waals surface area contributed by atoms with E-state index in [4.69, 9.17) is 9.47 Å². The summed E-state index contributed by atoms with van der Waals surface area (Å²) >= 11 is 0. The van der Waals surface area contributed by atoms with Crippen molar-refractivity contribution in [3.05, 3.63) is 120 Å². The molecule has 0 bridgehead atoms. The number of hydrogen-bond donors (Lipinski definition) is 1. The molecule has 2 amide bonds. The van der Waals surface area contributed by atoms with Gasteiger partial charge in [0.05, 0.1) is 24.8 Å². The molecule has 9 nitrogen and oxygen atoms in total. The van der Waals surface area contributed by atoms with Crippen molar-refractivity contribution >= 4 is 27.5 Å². The van der Waals surface area contributed by atoms with Crippen LogP contribution in [0.4, 0.5) is 14.5 Å². The molecule has 0 saturated heterocycles. The zero-order chi connectivity index (χ0) is 32.6. The van der Waals surface area contributed by atoms with Gasteiger partial charge in [0.2, 0.25) is 11.8 Å². The number of rotatable bonds is 13. The Labute approximate surface area is 261 Å². The van der Waals surface area contributed by atoms with Gasteiger partial charge in [-0.15, -0.1) is 0 Å². The van der Waals surface area contributed by atoms with Crippen LogP contribution < -0.4 is 19.1 Å². The molecular formula is C33H33F2N3O6S. The number of methoxy groups -OCH3 is 2. The fraction of sp³-hybridized carbons (Fsp3) is 0.212. The van der Waals surface area contributed by atoms with Gasteiger partial charge in [-0.05, 0) is 59.7 Å². The number of sulfonamides is 1. The second kappa shape index (κ2) is 14.7. The number of halogens is 2. The largest absolute Gasteiger partial charge is 0.493 e. The molecule has 0 aromatic heterocycles. The average molecular weight is 638 g/mol. The van der Waals surface area contributed by atoms with Crippen molar-refractivity contribution in [2.75, 3.05) is 32.1 Å². The summed E-state index contributed by atoms with van der Waals surface area (Å²) in [5.74, 6) is -1.85. The smallest absolute Gasteiger partial charge is 0.264 e. The molecule has 0 unspecified atom stereocenters. The van der Waals surface area contributed by atoms with E-state index in [1.807, 2.05) is 18.2 Å². The highest BCUT2D eigenvalue weighted by atomic mass is 32.2. The Bertz CT molecular complexity index is 1720. The summed E-state index contributed by atoms with van der Waals surface area (Å²) < 4.78 is 67.3. The highest BCUT2D eigenvalue weighted by Crippen LogP contribution is 2.32. The third-order valence-corrected chi connectivity index (χ3v) is 8.89. The molecule has 0 heterocycles. The first kappa shape index (κ1) is 32.9. The van der Waals surface area contributed by atoms with E-state index in [0.717, 1.165) is 22.0 Å². The standard InChI is InChI=1S/C33H33F2N3O6S/c1-36-33(40)29(19-23-7-5-4-6-8-23)37(21-24-9-11-25(34)12-10-24)32(39)22-38(27-15-13-26(35)14-16-27)45(41,42)28-17-18-30(43-2)31(20-28)44-3/h4-18,20,29H,19,21-22H2,1-3H3,(H,36,40)/t29-/m1/s1. The summed E-state index contributed by atoms with van der Waals surface area (Å²) in [4.78, 5) is 28.6. The van der Waals surface area contributed by atoms with E-state index < -0.39 is 46.1 Å². The number of anilines is 1. The van der Waals surface area contributed by atoms with Gasteiger partial charge in [0.25, 0.3) is 10.0 Å². The number of hydrogen-bond acceptors (Lipinski definition) is 6. The lowest BCUT2D eigenvalue weighted by Crippen LogP contribution is -2.53. The number of ether oxygens (including phenoxy) is 2. The maximum Gasteiger partial charge on any atom is 0.264 e. The van der Waals surface area contributed by atoms with Crippen molar-refractivity contribution in [1.29, 1.82) is 0 Å². The highest BCUT2D eigenvalue weighted by Gasteiger charge is 2.34. The number of likely N-dealkylation sites (N-methyl/N-ethyl adjacent to an activating group) is 1. The number of benzene rings is 4. The molecule has 1 N–H and O–H groups in total. The van der Waals surface area contributed by atoms with E-state index in [0.29, 0.717) is 11.3 Å². The van der Waals surface area contributed by atoms with Gasteiger partial charge < -0.3 is 19.7 Å². The summed E-state index contributed by atoms with van der Waals surface area (Å²) in [7, 11) is -0.265. The first-order valence-electron chi connectivity index (χ1n) is 13.9. The summed E-state index contributed by atoms with van der Waals surface area (Å²) in [5.41, 5.74) is 1.29. The van der Waals surface area contributed by atoms with Gasteiger partial charge in [0, 0.05) is 26.1 Å². The molecule has 12 heteroatoms. The maximum atomic E-state index is 14.3. The molecule has 4 aromatic rings. The Morgan fingerprint density at radius 1 is 0.800 bits per heavy atom. The van der Waals surface area contributed by atoms with Crippen molar-refractivity contribution in [3.8, 4) is 11.5 Å². The van der Waals surface area contributed by atoms with Crippen LogP contribution in [0.5, 0.6) is 11.5 Å². The van der Waals surface area contributed by atoms with E-state index in [1.165, 1.54) is 80.8 Å². The number of amides is 2. The maximum absolute atomic E-state index is 14.3. The van der Waals surface area contributed by atoms with Gasteiger partial charge in [-0.1, -0.05) is 42.5 Å². The van der Waals surface area contributed by atoms with Crippen molar-refractivity contribution < 1.29 is 36.3 Å². The van der Waals surface area contributed by atoms with E-state index >= 15 is 0 Å². The first-order chi connectivity index (χ1) is 21.6. The SMILES string of the molecule is CNC(=O)[C@@H](Cc1ccccc1)N(Cc1ccc(F)cc1)C(=O)CN(c1ccc(F)cc1)S(=O)(=O)c1ccc(OC)c(OC)c1. The van der Waals surface area contributed by atoms with Crippen molar-refractivity contribution in [2.24, 2.45) is 0 Å². The predicted molar refractivity (Wildman–Crippen MR) is 165 cm³/mol. The van der Waals surface area contributed by atoms with E-state index in [-0.39, 0.29) is 29.3 Å². The van der Waals surface area contributed by atoms with Crippen LogP contribution in [0.2, 0.25) is 0 Å². The molecule has 0 radical (unpaired) electrons. The van der Waals surface area contributed by atoms with Gasteiger partial charge in [-0.25, -0.2) is 17.2 Å². The topological polar surface area (TPSA) is 105 Å². The van der Waals surface area contributed by atoms with Gasteiger partial charge in [0.15, 0.2) is 11.5 Å². The summed E-state index contributed by atoms with van der Waals surface area (Å²) in [6.07, 6.45) is 0.117. The summed E-state index contributed by atoms with van der Waals surface area (Å²) in [5, 5.41) is 2.59. The molecular weight excluding hydrogens is 604 g/mol. The molecule has 1 atom stereocenters. The van der Waals surface area contributed by atoms with E-state index in [2.05, 4.69) is 5.32 Å². The zero-order valence-electron chi connectivity index (χ0n) is 24.9. The average Bonchev–Trinajstić information content (AvgIpc) is 3.06. The Kier molecular flexibility index (Phi) is 10.7. The van der Waals surface area contributed by atoms with Gasteiger partial charge >= 0.3 is 0 Å². The van der Waals surface area contributed by atoms with Crippen LogP contribution in [0.25, 0.3) is 0 Å². The minimum Gasteiger partial charge on any atom is -0.493 e. The third-order valence-electron chi connectivity index (χ3n) is 7.12. The predicted octanol–water partition coefficient (Wildman–Crippen LogP) is 4.56. The van der Waals surface area contributed by atoms with Crippen LogP contribution in [0.15, 0.2) is 102 Å². The van der Waals surface area contributed by atoms with Crippen LogP contribution in [0, 0.1) is 11.6 Å². The van der Waals surface area contributed by atoms with E-state index in [9.17, 15) is 26.8 Å². The number of nitrogens with zero attached hydrogens (tertiary/aromatic N) is 2. The summed E-state index contributed by atoms with van der Waals surface area (Å²) in [6, 6.07) is 22.0. The lowest BCUT2D eigenvalue weighted by molar-refractivity contribution is -0.139. The molecule has 0 aliphatic rings. The van der Waals surface area contributed by atoms with Crippen molar-refractivity contribution in [3.63, 3.8) is 0 Å². The molecule has 0 saturated carbocycles. The molecule has 236 valence electrons. The molecule has 4 rings (SSSR count). The quantitative estimate of drug-likeness (QED) is 0.231. The minimum absolute atomic E-state index is 0.0146. The Morgan fingerprint density at radius 3 is 1.98 bits per heavy atom. The zero-order valence-corrected chi connectivity index (χ0v) is 25.8. The fourth-order valence-electron chi connectivity index (χ4n) is 4.75. The van der Waals surface area contributed by atoms with E-state index in [1.54, 1.807) is 12.1 Å². The van der Waals surface area contributed by atoms with Crippen molar-refractivity contribution in [1.82, 2.24) is 10.2 Å². The van der Waals surface area contributed by atoms with Crippen LogP contribution in [-0.2, 0) is 32.6 Å². The highest BCUT2D eigenvalue weighted by molar-refractivity contribution is 7.92. The Balaban J connectivity index is 1.80. The Hall–Kier alpha value is -4.97. The van der Waals surface area contributed by atoms with Crippen LogP contribution in [-0.4, -0.2) is 59.0 Å². The summed E-state index contributed by atoms with van der Waals surface area (Å²) in [6.45, 7) is -0.872. The van der Waals surface area contributed by atoms with Crippen LogP contribution in [0.1, 0.15) is 11.1 Å². The minimum atomic E-state index is -4.46. The monoisotopic (exact) mass is 637 g/mol. The number of nitrogens with one attached hydrogen (secondary N) is 1. The lowest BCUT2D eigenvalue weighted by atomic mass is 10.0. The normalized spacial score (nSPS) is 11.8. The molecule has 4 aromatic carbocycles. The third kappa shape index (κ3) is 7.95. The van der Waals surface area contributed by atoms with Crippen LogP contribution in [0.3, 0.4) is 0 Å². The number of carbonyl (C=O) groups excluding carboxylic acids is 2. The van der Waals surface area contributed by atoms with Crippen LogP contribution >= 0.6 is 0 Å². The second-order valence-corrected chi connectivity index (χ2v) is 11.8. The lowest BCUT2D eigenvalue weighted by Gasteiger charge is -2.33. The van der Waals surface area contributed by atoms with Gasteiger partial charge in [-0.2, -0.15) is 0 Å².